The van der Waals surface area contributed by atoms with E-state index in [1.54, 1.807) is 20.8 Å². The molecule has 0 radical (unpaired) electrons. The monoisotopic (exact) mass is 882 g/mol. The predicted molar refractivity (Wildman–Crippen MR) is 217 cm³/mol. The fraction of sp³-hybridized carbons (Fsp3) is 0.957. The maximum absolute atomic E-state index is 12.3. The Kier molecular flexibility index (Phi) is 11.8. The SMILES string of the molecule is CC(=O)OC[C@H]1O[C@@H](O[C@H]2CC3[C@]4(CC[C@]5(C)C([C@@]6(C)CC[C@@H](C(C)(C)O)O6)C(O)C[C@@]35C)C[C@@]43CC[C@H](O[C@@H]4O[C@H](C)[C@@H](O)[C@H](O)[C@H]4OC(C)=O)C(C)(C)C23)[C@H](O)[C@@H](O)[C@@H]1O. The fourth-order valence-electron chi connectivity index (χ4n) is 15.6. The van der Waals surface area contributed by atoms with E-state index in [1.165, 1.54) is 13.8 Å². The van der Waals surface area contributed by atoms with Gasteiger partial charge in [0.2, 0.25) is 0 Å². The van der Waals surface area contributed by atoms with E-state index in [9.17, 15) is 45.3 Å². The summed E-state index contributed by atoms with van der Waals surface area (Å²) in [6.07, 6.45) is -9.06. The molecule has 4 unspecified atom stereocenters. The van der Waals surface area contributed by atoms with Gasteiger partial charge in [-0.3, -0.25) is 9.59 Å². The molecule has 5 aliphatic carbocycles. The second kappa shape index (κ2) is 15.5. The zero-order valence-corrected chi connectivity index (χ0v) is 38.2. The normalized spacial score (nSPS) is 54.4. The van der Waals surface area contributed by atoms with Gasteiger partial charge in [-0.25, -0.2) is 0 Å². The van der Waals surface area contributed by atoms with Gasteiger partial charge in [-0.2, -0.15) is 0 Å². The minimum atomic E-state index is -1.66. The number of carbonyl (C=O) groups excluding carboxylic acids is 2. The molecule has 7 N–H and O–H groups in total. The summed E-state index contributed by atoms with van der Waals surface area (Å²) in [7, 11) is 0. The minimum absolute atomic E-state index is 0.0543. The van der Waals surface area contributed by atoms with Gasteiger partial charge in [0.15, 0.2) is 18.7 Å². The molecule has 62 heavy (non-hydrogen) atoms. The molecule has 16 nitrogen and oxygen atoms in total. The van der Waals surface area contributed by atoms with Crippen molar-refractivity contribution in [2.75, 3.05) is 6.61 Å². The number of aliphatic hydroxyl groups excluding tert-OH is 6. The molecule has 0 aromatic carbocycles. The largest absolute Gasteiger partial charge is 0.463 e. The smallest absolute Gasteiger partial charge is 0.303 e. The average molecular weight is 883 g/mol. The molecule has 8 aliphatic rings. The van der Waals surface area contributed by atoms with E-state index in [0.29, 0.717) is 25.7 Å². The molecule has 5 saturated carbocycles. The lowest BCUT2D eigenvalue weighted by Gasteiger charge is -2.65. The van der Waals surface area contributed by atoms with Crippen molar-refractivity contribution in [3.63, 3.8) is 0 Å². The first-order chi connectivity index (χ1) is 28.7. The van der Waals surface area contributed by atoms with Crippen LogP contribution in [0.15, 0.2) is 0 Å². The second-order valence-corrected chi connectivity index (χ2v) is 22.7. The van der Waals surface area contributed by atoms with Crippen molar-refractivity contribution < 1.29 is 78.5 Å². The lowest BCUT2D eigenvalue weighted by molar-refractivity contribution is -0.343. The van der Waals surface area contributed by atoms with Crippen molar-refractivity contribution in [2.24, 2.45) is 44.8 Å². The number of rotatable bonds is 9. The molecule has 0 aromatic heterocycles. The van der Waals surface area contributed by atoms with Crippen molar-refractivity contribution in [1.82, 2.24) is 0 Å². The van der Waals surface area contributed by atoms with Gasteiger partial charge in [-0.1, -0.05) is 27.7 Å². The molecule has 22 atom stereocenters. The van der Waals surface area contributed by atoms with Gasteiger partial charge in [-0.05, 0) is 124 Å². The number of aliphatic hydroxyl groups is 7. The molecule has 354 valence electrons. The van der Waals surface area contributed by atoms with Crippen LogP contribution in [0, 0.1) is 44.8 Å². The maximum atomic E-state index is 12.3. The van der Waals surface area contributed by atoms with E-state index in [2.05, 4.69) is 34.6 Å². The fourth-order valence-corrected chi connectivity index (χ4v) is 15.6. The molecule has 0 amide bonds. The van der Waals surface area contributed by atoms with Crippen LogP contribution in [0.2, 0.25) is 0 Å². The highest BCUT2D eigenvalue weighted by atomic mass is 16.7. The summed E-state index contributed by atoms with van der Waals surface area (Å²) in [5, 5.41) is 78.6. The number of fused-ring (bicyclic) bond motifs is 2. The number of ether oxygens (including phenoxy) is 7. The zero-order valence-electron chi connectivity index (χ0n) is 38.2. The number of esters is 2. The summed E-state index contributed by atoms with van der Waals surface area (Å²) in [5.74, 6) is -1.62. The molecule has 0 bridgehead atoms. The third-order valence-electron chi connectivity index (χ3n) is 18.5. The van der Waals surface area contributed by atoms with Crippen LogP contribution in [0.1, 0.15) is 127 Å². The van der Waals surface area contributed by atoms with Gasteiger partial charge < -0.3 is 68.9 Å². The second-order valence-electron chi connectivity index (χ2n) is 22.7. The summed E-state index contributed by atoms with van der Waals surface area (Å²) < 4.78 is 43.6. The van der Waals surface area contributed by atoms with Crippen LogP contribution < -0.4 is 0 Å². The van der Waals surface area contributed by atoms with Crippen molar-refractivity contribution in [3.8, 4) is 0 Å². The van der Waals surface area contributed by atoms with Gasteiger partial charge in [0, 0.05) is 19.8 Å². The lowest BCUT2D eigenvalue weighted by atomic mass is 9.41. The molecular formula is C46H74O16. The summed E-state index contributed by atoms with van der Waals surface area (Å²) in [5.41, 5.74) is -3.50. The first-order valence-corrected chi connectivity index (χ1v) is 23.1. The molecule has 8 fully saturated rings. The summed E-state index contributed by atoms with van der Waals surface area (Å²) >= 11 is 0. The van der Waals surface area contributed by atoms with E-state index >= 15 is 0 Å². The van der Waals surface area contributed by atoms with Crippen LogP contribution in [-0.4, -0.2) is 151 Å². The van der Waals surface area contributed by atoms with E-state index in [0.717, 1.165) is 32.1 Å². The highest BCUT2D eigenvalue weighted by Gasteiger charge is 2.85. The predicted octanol–water partition coefficient (Wildman–Crippen LogP) is 2.25. The van der Waals surface area contributed by atoms with Crippen molar-refractivity contribution in [2.45, 2.75) is 224 Å². The first kappa shape index (κ1) is 47.0. The molecule has 3 heterocycles. The van der Waals surface area contributed by atoms with Gasteiger partial charge >= 0.3 is 11.9 Å². The van der Waals surface area contributed by atoms with Crippen LogP contribution in [0.5, 0.6) is 0 Å². The zero-order chi connectivity index (χ0) is 45.5. The molecule has 0 aromatic rings. The Labute approximate surface area is 365 Å². The van der Waals surface area contributed by atoms with Crippen molar-refractivity contribution in [3.05, 3.63) is 0 Å². The third-order valence-corrected chi connectivity index (χ3v) is 18.5. The van der Waals surface area contributed by atoms with Crippen LogP contribution in [-0.2, 0) is 42.7 Å². The topological polar surface area (TPSA) is 240 Å². The molecule has 3 aliphatic heterocycles. The summed E-state index contributed by atoms with van der Waals surface area (Å²) in [4.78, 5) is 24.0. The van der Waals surface area contributed by atoms with E-state index in [1.807, 2.05) is 0 Å². The molecule has 8 rings (SSSR count). The lowest BCUT2D eigenvalue weighted by Crippen LogP contribution is -2.65. The van der Waals surface area contributed by atoms with E-state index in [4.69, 9.17) is 33.2 Å². The van der Waals surface area contributed by atoms with Gasteiger partial charge in [0.05, 0.1) is 41.7 Å². The van der Waals surface area contributed by atoms with Gasteiger partial charge in [0.25, 0.3) is 0 Å². The Balaban J connectivity index is 1.15. The maximum Gasteiger partial charge on any atom is 0.303 e. The Bertz CT molecular complexity index is 1720. The van der Waals surface area contributed by atoms with Crippen molar-refractivity contribution >= 4 is 11.9 Å². The third kappa shape index (κ3) is 6.97. The minimum Gasteiger partial charge on any atom is -0.463 e. The Morgan fingerprint density at radius 1 is 0.742 bits per heavy atom. The Hall–Kier alpha value is -1.54. The number of hydrogen-bond acceptors (Lipinski definition) is 16. The Morgan fingerprint density at radius 2 is 1.44 bits per heavy atom. The van der Waals surface area contributed by atoms with Gasteiger partial charge in [0.1, 0.15) is 43.2 Å². The highest BCUT2D eigenvalue weighted by molar-refractivity contribution is 5.66. The van der Waals surface area contributed by atoms with Crippen molar-refractivity contribution in [1.29, 1.82) is 0 Å². The van der Waals surface area contributed by atoms with E-state index in [-0.39, 0.29) is 52.1 Å². The van der Waals surface area contributed by atoms with Gasteiger partial charge in [-0.15, -0.1) is 0 Å². The molecule has 16 heteroatoms. The molecule has 2 spiro atoms. The average Bonchev–Trinajstić information content (AvgIpc) is 3.53. The standard InChI is InChI=1S/C46H74O16/c1-21-30(50)33(53)35(58-23(3)48)39(57-21)61-28-12-14-46-20-45(46)16-15-42(8)36(44(10)13-11-29(62-44)41(6,7)55)24(49)18-43(42,9)27(45)17-25(37(46)40(28,4)5)59-38-34(54)32(52)31(51)26(60-38)19-56-22(2)47/h21,24-39,49-55H,11-20H2,1-10H3/t21-,24?,25+,26-,27?,28+,29+,30-,31-,32+,33+,34-,35-,36?,37?,38-,39+,42-,43+,44-,45+,46-/m1/s1. The number of hydrogen-bond donors (Lipinski definition) is 7. The summed E-state index contributed by atoms with van der Waals surface area (Å²) in [6, 6.07) is 0. The van der Waals surface area contributed by atoms with Crippen LogP contribution in [0.25, 0.3) is 0 Å². The van der Waals surface area contributed by atoms with Crippen LogP contribution in [0.4, 0.5) is 0 Å². The Morgan fingerprint density at radius 3 is 2.06 bits per heavy atom. The number of carbonyl (C=O) groups is 2. The quantitative estimate of drug-likeness (QED) is 0.130. The van der Waals surface area contributed by atoms with Crippen LogP contribution >= 0.6 is 0 Å². The van der Waals surface area contributed by atoms with Crippen LogP contribution in [0.3, 0.4) is 0 Å². The first-order valence-electron chi connectivity index (χ1n) is 23.1. The summed E-state index contributed by atoms with van der Waals surface area (Å²) in [6.45, 7) is 18.2. The molecule has 3 saturated heterocycles. The highest BCUT2D eigenvalue weighted by Crippen LogP contribution is 2.89. The van der Waals surface area contributed by atoms with E-state index < -0.39 is 108 Å². The molecular weight excluding hydrogens is 808 g/mol.